The first-order chi connectivity index (χ1) is 5.11. The van der Waals surface area contributed by atoms with Crippen molar-refractivity contribution in [3.05, 3.63) is 16.3 Å². The van der Waals surface area contributed by atoms with Gasteiger partial charge >= 0.3 is 5.69 Å². The monoisotopic (exact) mass is 156 g/mol. The minimum atomic E-state index is -0.309. The highest BCUT2D eigenvalue weighted by Gasteiger charge is 2.13. The lowest BCUT2D eigenvalue weighted by Gasteiger charge is -2.10. The zero-order chi connectivity index (χ0) is 8.43. The van der Waals surface area contributed by atoms with Crippen molar-refractivity contribution in [3.8, 4) is 0 Å². The molecule has 0 aliphatic rings. The van der Waals surface area contributed by atoms with E-state index in [1.165, 1.54) is 0 Å². The Morgan fingerprint density at radius 3 is 2.55 bits per heavy atom. The third kappa shape index (κ3) is 1.68. The predicted molar refractivity (Wildman–Crippen MR) is 41.0 cm³/mol. The van der Waals surface area contributed by atoms with E-state index in [2.05, 4.69) is 15.2 Å². The average Bonchev–Trinajstić information content (AvgIpc) is 2.34. The van der Waals surface area contributed by atoms with Gasteiger partial charge in [0.2, 0.25) is 0 Å². The van der Waals surface area contributed by atoms with Crippen molar-refractivity contribution in [2.45, 2.75) is 19.9 Å². The molecule has 1 aromatic rings. The maximum Gasteiger partial charge on any atom is 0.340 e. The zero-order valence-corrected chi connectivity index (χ0v) is 6.59. The molecule has 1 heterocycles. The lowest BCUT2D eigenvalue weighted by molar-refractivity contribution is 0.491. The molecular formula is C6H12N4O. The number of hydrogen-bond acceptors (Lipinski definition) is 3. The summed E-state index contributed by atoms with van der Waals surface area (Å²) in [5.74, 6) is 0.791. The van der Waals surface area contributed by atoms with Gasteiger partial charge < -0.3 is 5.73 Å². The zero-order valence-electron chi connectivity index (χ0n) is 6.59. The van der Waals surface area contributed by atoms with Gasteiger partial charge in [0.25, 0.3) is 0 Å². The summed E-state index contributed by atoms with van der Waals surface area (Å²) in [6.07, 6.45) is 0. The van der Waals surface area contributed by atoms with Gasteiger partial charge in [0.05, 0.1) is 6.04 Å². The molecule has 0 amide bonds. The minimum Gasteiger partial charge on any atom is -0.321 e. The Kier molecular flexibility index (Phi) is 2.09. The van der Waals surface area contributed by atoms with Crippen LogP contribution in [0.15, 0.2) is 4.79 Å². The molecule has 1 atom stereocenters. The minimum absolute atomic E-state index is 0.200. The second kappa shape index (κ2) is 2.87. The molecule has 0 bridgehead atoms. The number of hydrogen-bond donors (Lipinski definition) is 3. The summed E-state index contributed by atoms with van der Waals surface area (Å²) < 4.78 is 0. The largest absolute Gasteiger partial charge is 0.340 e. The van der Waals surface area contributed by atoms with E-state index in [1.54, 1.807) is 0 Å². The molecule has 0 aliphatic carbocycles. The number of nitrogens with zero attached hydrogens (tertiary/aromatic N) is 1. The molecule has 0 radical (unpaired) electrons. The van der Waals surface area contributed by atoms with Crippen LogP contribution in [0.3, 0.4) is 0 Å². The second-order valence-electron chi connectivity index (χ2n) is 2.83. The molecular weight excluding hydrogens is 144 g/mol. The normalized spacial score (nSPS) is 13.8. The summed E-state index contributed by atoms with van der Waals surface area (Å²) in [6.45, 7) is 3.94. The van der Waals surface area contributed by atoms with Gasteiger partial charge in [0.1, 0.15) is 5.82 Å². The summed E-state index contributed by atoms with van der Waals surface area (Å²) in [6, 6.07) is -0.200. The van der Waals surface area contributed by atoms with Crippen molar-refractivity contribution >= 4 is 0 Å². The summed E-state index contributed by atoms with van der Waals surface area (Å²) in [5.41, 5.74) is 5.39. The van der Waals surface area contributed by atoms with E-state index in [4.69, 9.17) is 5.73 Å². The third-order valence-electron chi connectivity index (χ3n) is 1.55. The topological polar surface area (TPSA) is 87.6 Å². The van der Waals surface area contributed by atoms with E-state index in [0.29, 0.717) is 5.82 Å². The SMILES string of the molecule is CC(C)[C@H](N)c1n[nH]c(=O)[nH]1. The van der Waals surface area contributed by atoms with Gasteiger partial charge in [-0.1, -0.05) is 13.8 Å². The summed E-state index contributed by atoms with van der Waals surface area (Å²) in [5, 5.41) is 5.98. The Morgan fingerprint density at radius 1 is 1.55 bits per heavy atom. The number of aromatic nitrogens is 3. The first kappa shape index (κ1) is 8.00. The molecule has 62 valence electrons. The smallest absolute Gasteiger partial charge is 0.321 e. The molecule has 5 nitrogen and oxygen atoms in total. The van der Waals surface area contributed by atoms with Crippen LogP contribution in [0, 0.1) is 5.92 Å². The van der Waals surface area contributed by atoms with Gasteiger partial charge in [0.15, 0.2) is 0 Å². The van der Waals surface area contributed by atoms with E-state index in [9.17, 15) is 4.79 Å². The first-order valence-electron chi connectivity index (χ1n) is 3.51. The van der Waals surface area contributed by atoms with Gasteiger partial charge in [-0.15, -0.1) is 0 Å². The van der Waals surface area contributed by atoms with Crippen molar-refractivity contribution in [1.82, 2.24) is 15.2 Å². The Morgan fingerprint density at radius 2 is 2.18 bits per heavy atom. The van der Waals surface area contributed by atoms with Gasteiger partial charge in [-0.25, -0.2) is 9.89 Å². The number of rotatable bonds is 2. The van der Waals surface area contributed by atoms with Crippen LogP contribution in [-0.4, -0.2) is 15.2 Å². The molecule has 11 heavy (non-hydrogen) atoms. The van der Waals surface area contributed by atoms with Gasteiger partial charge in [-0.05, 0) is 5.92 Å². The summed E-state index contributed by atoms with van der Waals surface area (Å²) in [4.78, 5) is 13.1. The third-order valence-corrected chi connectivity index (χ3v) is 1.55. The predicted octanol–water partition coefficient (Wildman–Crippen LogP) is -0.246. The Bertz CT molecular complexity index is 274. The molecule has 0 spiro atoms. The van der Waals surface area contributed by atoms with E-state index in [0.717, 1.165) is 0 Å². The number of aromatic amines is 2. The quantitative estimate of drug-likeness (QED) is 0.552. The maximum absolute atomic E-state index is 10.6. The van der Waals surface area contributed by atoms with Crippen LogP contribution >= 0.6 is 0 Å². The van der Waals surface area contributed by atoms with Gasteiger partial charge in [-0.3, -0.25) is 4.98 Å². The second-order valence-corrected chi connectivity index (χ2v) is 2.83. The highest BCUT2D eigenvalue weighted by molar-refractivity contribution is 4.90. The first-order valence-corrected chi connectivity index (χ1v) is 3.51. The lowest BCUT2D eigenvalue weighted by Crippen LogP contribution is -2.18. The average molecular weight is 156 g/mol. The van der Waals surface area contributed by atoms with Gasteiger partial charge in [0, 0.05) is 0 Å². The molecule has 5 heteroatoms. The van der Waals surface area contributed by atoms with Crippen LogP contribution in [0.4, 0.5) is 0 Å². The summed E-state index contributed by atoms with van der Waals surface area (Å²) in [7, 11) is 0. The Labute approximate surface area is 64.0 Å². The fraction of sp³-hybridized carbons (Fsp3) is 0.667. The molecule has 0 aliphatic heterocycles. The Balaban J connectivity index is 2.84. The molecule has 0 aromatic carbocycles. The van der Waals surface area contributed by atoms with Gasteiger partial charge in [-0.2, -0.15) is 5.10 Å². The number of H-pyrrole nitrogens is 2. The fourth-order valence-electron chi connectivity index (χ4n) is 0.757. The van der Waals surface area contributed by atoms with Crippen molar-refractivity contribution in [2.75, 3.05) is 0 Å². The molecule has 0 saturated carbocycles. The van der Waals surface area contributed by atoms with Crippen molar-refractivity contribution in [3.63, 3.8) is 0 Å². The highest BCUT2D eigenvalue weighted by atomic mass is 16.1. The van der Waals surface area contributed by atoms with E-state index >= 15 is 0 Å². The van der Waals surface area contributed by atoms with Crippen molar-refractivity contribution in [2.24, 2.45) is 11.7 Å². The molecule has 0 unspecified atom stereocenters. The van der Waals surface area contributed by atoms with Crippen LogP contribution in [-0.2, 0) is 0 Å². The van der Waals surface area contributed by atoms with Crippen LogP contribution < -0.4 is 11.4 Å². The highest BCUT2D eigenvalue weighted by Crippen LogP contribution is 2.11. The van der Waals surface area contributed by atoms with E-state index in [1.807, 2.05) is 13.8 Å². The number of nitrogens with two attached hydrogens (primary N) is 1. The maximum atomic E-state index is 10.6. The lowest BCUT2D eigenvalue weighted by atomic mass is 10.1. The van der Waals surface area contributed by atoms with Crippen molar-refractivity contribution < 1.29 is 0 Å². The van der Waals surface area contributed by atoms with Crippen LogP contribution in [0.25, 0.3) is 0 Å². The molecule has 0 saturated heterocycles. The molecule has 1 rings (SSSR count). The van der Waals surface area contributed by atoms with Crippen LogP contribution in [0.1, 0.15) is 25.7 Å². The Hall–Kier alpha value is -1.10. The van der Waals surface area contributed by atoms with Crippen molar-refractivity contribution in [1.29, 1.82) is 0 Å². The molecule has 0 fully saturated rings. The number of nitrogens with one attached hydrogen (secondary N) is 2. The molecule has 4 N–H and O–H groups in total. The standard InChI is InChI=1S/C6H12N4O/c1-3(2)4(7)5-8-6(11)10-9-5/h3-4H,7H2,1-2H3,(H2,8,9,10,11)/t4-/m0/s1. The van der Waals surface area contributed by atoms with Crippen LogP contribution in [0.5, 0.6) is 0 Å². The fourth-order valence-corrected chi connectivity index (χ4v) is 0.757. The molecule has 1 aromatic heterocycles. The van der Waals surface area contributed by atoms with Crippen LogP contribution in [0.2, 0.25) is 0 Å². The van der Waals surface area contributed by atoms with E-state index < -0.39 is 0 Å². The van der Waals surface area contributed by atoms with E-state index in [-0.39, 0.29) is 17.6 Å². The summed E-state index contributed by atoms with van der Waals surface area (Å²) >= 11 is 0.